The summed E-state index contributed by atoms with van der Waals surface area (Å²) in [5, 5.41) is 13.4. The van der Waals surface area contributed by atoms with Crippen LogP contribution < -0.4 is 15.8 Å². The fraction of sp³-hybridized carbons (Fsp3) is 0.333. The van der Waals surface area contributed by atoms with Gasteiger partial charge in [0, 0.05) is 12.1 Å². The molecule has 21 heavy (non-hydrogen) atoms. The Bertz CT molecular complexity index is 501. The zero-order chi connectivity index (χ0) is 15.9. The summed E-state index contributed by atoms with van der Waals surface area (Å²) in [6.07, 6.45) is -6.16. The second-order valence-corrected chi connectivity index (χ2v) is 4.07. The molecule has 1 rings (SSSR count). The molecule has 1 aromatic carbocycles. The number of halogens is 3. The van der Waals surface area contributed by atoms with Gasteiger partial charge in [0.05, 0.1) is 6.42 Å². The van der Waals surface area contributed by atoms with E-state index in [1.165, 1.54) is 24.3 Å². The number of carbonyl (C=O) groups is 1. The Balaban J connectivity index is 2.45. The topological polar surface area (TPSA) is 96.9 Å². The van der Waals surface area contributed by atoms with Gasteiger partial charge >= 0.3 is 6.18 Å². The van der Waals surface area contributed by atoms with Crippen LogP contribution >= 0.6 is 0 Å². The first-order chi connectivity index (χ1) is 9.80. The lowest BCUT2D eigenvalue weighted by Gasteiger charge is -2.09. The van der Waals surface area contributed by atoms with Crippen molar-refractivity contribution < 1.29 is 27.9 Å². The van der Waals surface area contributed by atoms with Crippen molar-refractivity contribution in [3.63, 3.8) is 0 Å². The van der Waals surface area contributed by atoms with Crippen molar-refractivity contribution in [3.05, 3.63) is 24.3 Å². The van der Waals surface area contributed by atoms with E-state index >= 15 is 0 Å². The average Bonchev–Trinajstić information content (AvgIpc) is 2.43. The zero-order valence-electron chi connectivity index (χ0n) is 10.9. The lowest BCUT2D eigenvalue weighted by atomic mass is 10.2. The predicted octanol–water partition coefficient (Wildman–Crippen LogP) is 2.09. The van der Waals surface area contributed by atoms with E-state index in [4.69, 9.17) is 15.7 Å². The summed E-state index contributed by atoms with van der Waals surface area (Å²) in [7, 11) is 0. The highest BCUT2D eigenvalue weighted by Crippen LogP contribution is 2.22. The maximum Gasteiger partial charge on any atom is 0.389 e. The third-order valence-corrected chi connectivity index (χ3v) is 2.29. The number of nitrogens with one attached hydrogen (secondary N) is 1. The summed E-state index contributed by atoms with van der Waals surface area (Å²) >= 11 is 0. The molecule has 0 saturated carbocycles. The summed E-state index contributed by atoms with van der Waals surface area (Å²) in [6, 6.07) is 5.91. The number of rotatable bonds is 6. The SMILES string of the molecule is NC(COc1ccc(NC(=O)CCC(F)(F)F)cc1)=NO. The van der Waals surface area contributed by atoms with Gasteiger partial charge in [-0.25, -0.2) is 0 Å². The van der Waals surface area contributed by atoms with Crippen LogP contribution in [0.2, 0.25) is 0 Å². The number of carbonyl (C=O) groups excluding carboxylic acids is 1. The molecule has 0 saturated heterocycles. The van der Waals surface area contributed by atoms with Gasteiger partial charge in [0.2, 0.25) is 5.91 Å². The summed E-state index contributed by atoms with van der Waals surface area (Å²) in [5.41, 5.74) is 5.56. The Morgan fingerprint density at radius 1 is 1.33 bits per heavy atom. The molecule has 0 aliphatic rings. The number of hydrogen-bond acceptors (Lipinski definition) is 4. The third kappa shape index (κ3) is 7.04. The predicted molar refractivity (Wildman–Crippen MR) is 69.3 cm³/mol. The van der Waals surface area contributed by atoms with Crippen molar-refractivity contribution in [2.75, 3.05) is 11.9 Å². The van der Waals surface area contributed by atoms with E-state index < -0.39 is 24.9 Å². The van der Waals surface area contributed by atoms with E-state index in [2.05, 4.69) is 10.5 Å². The molecule has 0 unspecified atom stereocenters. The van der Waals surface area contributed by atoms with Gasteiger partial charge in [0.1, 0.15) is 12.4 Å². The fourth-order valence-electron chi connectivity index (χ4n) is 1.30. The largest absolute Gasteiger partial charge is 0.486 e. The molecule has 0 radical (unpaired) electrons. The molecule has 0 spiro atoms. The highest BCUT2D eigenvalue weighted by atomic mass is 19.4. The summed E-state index contributed by atoms with van der Waals surface area (Å²) in [4.78, 5) is 11.3. The Morgan fingerprint density at radius 2 is 1.95 bits per heavy atom. The van der Waals surface area contributed by atoms with Crippen LogP contribution in [0, 0.1) is 0 Å². The van der Waals surface area contributed by atoms with Gasteiger partial charge in [0.15, 0.2) is 5.84 Å². The van der Waals surface area contributed by atoms with Crippen LogP contribution in [0.4, 0.5) is 18.9 Å². The van der Waals surface area contributed by atoms with E-state index in [0.717, 1.165) is 0 Å². The number of alkyl halides is 3. The first-order valence-corrected chi connectivity index (χ1v) is 5.86. The van der Waals surface area contributed by atoms with E-state index in [9.17, 15) is 18.0 Å². The lowest BCUT2D eigenvalue weighted by molar-refractivity contribution is -0.142. The molecule has 1 amide bonds. The molecular formula is C12H14F3N3O3. The second kappa shape index (κ2) is 7.36. The maximum absolute atomic E-state index is 12.0. The molecule has 9 heteroatoms. The zero-order valence-corrected chi connectivity index (χ0v) is 10.9. The minimum atomic E-state index is -4.36. The third-order valence-electron chi connectivity index (χ3n) is 2.29. The molecule has 0 heterocycles. The number of ether oxygens (including phenoxy) is 1. The average molecular weight is 305 g/mol. The van der Waals surface area contributed by atoms with Gasteiger partial charge in [-0.2, -0.15) is 13.2 Å². The highest BCUT2D eigenvalue weighted by Gasteiger charge is 2.27. The molecule has 0 atom stereocenters. The van der Waals surface area contributed by atoms with Crippen molar-refractivity contribution in [3.8, 4) is 5.75 Å². The van der Waals surface area contributed by atoms with Crippen molar-refractivity contribution in [1.82, 2.24) is 0 Å². The number of amides is 1. The molecule has 116 valence electrons. The van der Waals surface area contributed by atoms with Crippen LogP contribution in [0.5, 0.6) is 5.75 Å². The van der Waals surface area contributed by atoms with E-state index in [0.29, 0.717) is 11.4 Å². The Morgan fingerprint density at radius 3 is 2.48 bits per heavy atom. The number of nitrogens with zero attached hydrogens (tertiary/aromatic N) is 1. The van der Waals surface area contributed by atoms with Gasteiger partial charge in [-0.3, -0.25) is 4.79 Å². The van der Waals surface area contributed by atoms with Gasteiger partial charge < -0.3 is 21.0 Å². The Hall–Kier alpha value is -2.45. The quantitative estimate of drug-likeness (QED) is 0.324. The van der Waals surface area contributed by atoms with Crippen LogP contribution in [-0.4, -0.2) is 29.7 Å². The number of oxime groups is 1. The molecule has 1 aromatic rings. The van der Waals surface area contributed by atoms with Crippen LogP contribution in [-0.2, 0) is 4.79 Å². The van der Waals surface area contributed by atoms with Crippen LogP contribution in [0.15, 0.2) is 29.4 Å². The first kappa shape index (κ1) is 16.6. The van der Waals surface area contributed by atoms with Crippen LogP contribution in [0.3, 0.4) is 0 Å². The van der Waals surface area contributed by atoms with E-state index in [1.54, 1.807) is 0 Å². The minimum Gasteiger partial charge on any atom is -0.486 e. The van der Waals surface area contributed by atoms with Gasteiger partial charge in [-0.1, -0.05) is 5.16 Å². The monoisotopic (exact) mass is 305 g/mol. The van der Waals surface area contributed by atoms with Gasteiger partial charge in [-0.05, 0) is 24.3 Å². The van der Waals surface area contributed by atoms with Gasteiger partial charge in [-0.15, -0.1) is 0 Å². The van der Waals surface area contributed by atoms with Gasteiger partial charge in [0.25, 0.3) is 0 Å². The number of anilines is 1. The van der Waals surface area contributed by atoms with Crippen LogP contribution in [0.25, 0.3) is 0 Å². The summed E-state index contributed by atoms with van der Waals surface area (Å²) in [6.45, 7) is -0.117. The number of hydrogen-bond donors (Lipinski definition) is 3. The molecule has 4 N–H and O–H groups in total. The molecular weight excluding hydrogens is 291 g/mol. The molecule has 6 nitrogen and oxygen atoms in total. The summed E-state index contributed by atoms with van der Waals surface area (Å²) in [5.74, 6) is -0.438. The molecule has 0 aromatic heterocycles. The molecule has 0 aliphatic carbocycles. The first-order valence-electron chi connectivity index (χ1n) is 5.86. The van der Waals surface area contributed by atoms with Crippen molar-refractivity contribution in [2.24, 2.45) is 10.9 Å². The summed E-state index contributed by atoms with van der Waals surface area (Å²) < 4.78 is 41.0. The maximum atomic E-state index is 12.0. The lowest BCUT2D eigenvalue weighted by Crippen LogP contribution is -2.20. The van der Waals surface area contributed by atoms with Crippen molar-refractivity contribution in [2.45, 2.75) is 19.0 Å². The molecule has 0 aliphatic heterocycles. The number of benzene rings is 1. The highest BCUT2D eigenvalue weighted by molar-refractivity contribution is 5.90. The van der Waals surface area contributed by atoms with Crippen LogP contribution in [0.1, 0.15) is 12.8 Å². The second-order valence-electron chi connectivity index (χ2n) is 4.07. The molecule has 0 bridgehead atoms. The smallest absolute Gasteiger partial charge is 0.389 e. The normalized spacial score (nSPS) is 12.0. The number of nitrogens with two attached hydrogens (primary N) is 1. The number of amidine groups is 1. The van der Waals surface area contributed by atoms with E-state index in [-0.39, 0.29) is 12.4 Å². The Kier molecular flexibility index (Phi) is 5.82. The minimum absolute atomic E-state index is 0.112. The fourth-order valence-corrected chi connectivity index (χ4v) is 1.30. The Labute approximate surface area is 118 Å². The van der Waals surface area contributed by atoms with Crippen molar-refractivity contribution in [1.29, 1.82) is 0 Å². The molecule has 0 fully saturated rings. The van der Waals surface area contributed by atoms with Crippen molar-refractivity contribution >= 4 is 17.4 Å². The standard InChI is InChI=1S/C12H14F3N3O3/c13-12(14,15)6-5-11(19)17-8-1-3-9(4-2-8)21-7-10(16)18-20/h1-4,20H,5-7H2,(H2,16,18)(H,17,19). The van der Waals surface area contributed by atoms with E-state index in [1.807, 2.05) is 0 Å².